The van der Waals surface area contributed by atoms with Gasteiger partial charge in [-0.25, -0.2) is 4.98 Å². The summed E-state index contributed by atoms with van der Waals surface area (Å²) >= 11 is 13.4. The highest BCUT2D eigenvalue weighted by molar-refractivity contribution is 7.21. The standard InChI is InChI=1S/C21H15Cl2N3OS/c1-11-5-7-12(8-6-11)15-10-9-13-18(24)19(28-21(13)26-15)20(27)25-16-4-2-3-14(22)17(16)23/h2-10H,24H2,1H3,(H,25,27). The summed E-state index contributed by atoms with van der Waals surface area (Å²) in [7, 11) is 0. The molecule has 1 amide bonds. The summed E-state index contributed by atoms with van der Waals surface area (Å²) in [5, 5.41) is 4.18. The number of rotatable bonds is 3. The minimum absolute atomic E-state index is 0.289. The van der Waals surface area contributed by atoms with E-state index in [1.54, 1.807) is 18.2 Å². The van der Waals surface area contributed by atoms with Gasteiger partial charge in [-0.3, -0.25) is 4.79 Å². The fraction of sp³-hybridized carbons (Fsp3) is 0.0476. The van der Waals surface area contributed by atoms with Crippen LogP contribution in [0.25, 0.3) is 21.5 Å². The number of carbonyl (C=O) groups excluding carboxylic acids is 1. The number of halogens is 2. The second-order valence-corrected chi connectivity index (χ2v) is 8.10. The molecule has 2 aromatic heterocycles. The summed E-state index contributed by atoms with van der Waals surface area (Å²) in [6.07, 6.45) is 0. The van der Waals surface area contributed by atoms with Gasteiger partial charge in [0.05, 0.1) is 27.1 Å². The van der Waals surface area contributed by atoms with E-state index in [1.807, 2.05) is 43.3 Å². The van der Waals surface area contributed by atoms with Gasteiger partial charge < -0.3 is 11.1 Å². The van der Waals surface area contributed by atoms with E-state index in [2.05, 4.69) is 10.3 Å². The van der Waals surface area contributed by atoms with Crippen molar-refractivity contribution >= 4 is 62.0 Å². The summed E-state index contributed by atoms with van der Waals surface area (Å²) in [5.74, 6) is -0.346. The molecule has 0 unspecified atom stereocenters. The monoisotopic (exact) mass is 427 g/mol. The van der Waals surface area contributed by atoms with Crippen molar-refractivity contribution in [1.29, 1.82) is 0 Å². The van der Waals surface area contributed by atoms with Crippen LogP contribution in [-0.4, -0.2) is 10.9 Å². The molecule has 0 saturated heterocycles. The molecule has 4 aromatic rings. The molecule has 0 saturated carbocycles. The predicted octanol–water partition coefficient (Wildman–Crippen LogP) is 6.41. The largest absolute Gasteiger partial charge is 0.397 e. The molecule has 140 valence electrons. The van der Waals surface area contributed by atoms with E-state index in [9.17, 15) is 4.79 Å². The average molecular weight is 428 g/mol. The molecule has 0 aliphatic heterocycles. The van der Waals surface area contributed by atoms with Crippen molar-refractivity contribution in [2.24, 2.45) is 0 Å². The highest BCUT2D eigenvalue weighted by atomic mass is 35.5. The van der Waals surface area contributed by atoms with E-state index in [0.29, 0.717) is 26.1 Å². The zero-order chi connectivity index (χ0) is 19.8. The molecular formula is C21H15Cl2N3OS. The number of thiophene rings is 1. The van der Waals surface area contributed by atoms with Crippen molar-refractivity contribution < 1.29 is 4.79 Å². The Bertz CT molecular complexity index is 1200. The molecule has 0 spiro atoms. The van der Waals surface area contributed by atoms with Crippen LogP contribution in [-0.2, 0) is 0 Å². The molecule has 0 atom stereocenters. The van der Waals surface area contributed by atoms with E-state index < -0.39 is 0 Å². The quantitative estimate of drug-likeness (QED) is 0.396. The minimum Gasteiger partial charge on any atom is -0.397 e. The van der Waals surface area contributed by atoms with Crippen molar-refractivity contribution in [3.63, 3.8) is 0 Å². The summed E-state index contributed by atoms with van der Waals surface area (Å²) < 4.78 is 0. The maximum Gasteiger partial charge on any atom is 0.267 e. The number of carbonyl (C=O) groups is 1. The lowest BCUT2D eigenvalue weighted by molar-refractivity contribution is 0.103. The third-order valence-electron chi connectivity index (χ3n) is 4.35. The van der Waals surface area contributed by atoms with Gasteiger partial charge >= 0.3 is 0 Å². The average Bonchev–Trinajstić information content (AvgIpc) is 3.02. The lowest BCUT2D eigenvalue weighted by Crippen LogP contribution is -2.12. The summed E-state index contributed by atoms with van der Waals surface area (Å²) in [6.45, 7) is 2.04. The van der Waals surface area contributed by atoms with Crippen LogP contribution in [0.5, 0.6) is 0 Å². The van der Waals surface area contributed by atoms with E-state index in [-0.39, 0.29) is 10.9 Å². The smallest absolute Gasteiger partial charge is 0.267 e. The van der Waals surface area contributed by atoms with Gasteiger partial charge in [0, 0.05) is 10.9 Å². The molecule has 0 aliphatic rings. The summed E-state index contributed by atoms with van der Waals surface area (Å²) in [6, 6.07) is 17.0. The molecule has 0 bridgehead atoms. The van der Waals surface area contributed by atoms with Gasteiger partial charge in [0.15, 0.2) is 0 Å². The lowest BCUT2D eigenvalue weighted by atomic mass is 10.1. The van der Waals surface area contributed by atoms with Gasteiger partial charge in [0.1, 0.15) is 9.71 Å². The number of hydrogen-bond donors (Lipinski definition) is 2. The number of anilines is 2. The number of aromatic nitrogens is 1. The van der Waals surface area contributed by atoms with Crippen LogP contribution >= 0.6 is 34.5 Å². The zero-order valence-electron chi connectivity index (χ0n) is 14.8. The van der Waals surface area contributed by atoms with Crippen molar-refractivity contribution in [2.75, 3.05) is 11.1 Å². The fourth-order valence-electron chi connectivity index (χ4n) is 2.83. The topological polar surface area (TPSA) is 68.0 Å². The minimum atomic E-state index is -0.346. The van der Waals surface area contributed by atoms with Crippen molar-refractivity contribution in [2.45, 2.75) is 6.92 Å². The second-order valence-electron chi connectivity index (χ2n) is 6.32. The van der Waals surface area contributed by atoms with Crippen molar-refractivity contribution in [3.05, 3.63) is 75.1 Å². The predicted molar refractivity (Wildman–Crippen MR) is 119 cm³/mol. The number of nitrogen functional groups attached to an aromatic ring is 1. The van der Waals surface area contributed by atoms with Crippen molar-refractivity contribution in [1.82, 2.24) is 4.98 Å². The molecule has 7 heteroatoms. The Hall–Kier alpha value is -2.60. The van der Waals surface area contributed by atoms with Gasteiger partial charge in [0.25, 0.3) is 5.91 Å². The number of aryl methyl sites for hydroxylation is 1. The van der Waals surface area contributed by atoms with E-state index in [1.165, 1.54) is 16.9 Å². The number of fused-ring (bicyclic) bond motifs is 1. The number of nitrogens with one attached hydrogen (secondary N) is 1. The highest BCUT2D eigenvalue weighted by Crippen LogP contribution is 2.36. The first-order chi connectivity index (χ1) is 13.4. The molecule has 0 radical (unpaired) electrons. The number of amides is 1. The number of nitrogens with two attached hydrogens (primary N) is 1. The molecule has 4 rings (SSSR count). The molecule has 2 heterocycles. The van der Waals surface area contributed by atoms with Gasteiger partial charge in [-0.05, 0) is 31.2 Å². The Morgan fingerprint density at radius 2 is 1.82 bits per heavy atom. The van der Waals surface area contributed by atoms with Crippen LogP contribution in [0.2, 0.25) is 10.0 Å². The number of benzene rings is 2. The van der Waals surface area contributed by atoms with Crippen LogP contribution in [0.15, 0.2) is 54.6 Å². The van der Waals surface area contributed by atoms with E-state index in [4.69, 9.17) is 28.9 Å². The van der Waals surface area contributed by atoms with Gasteiger partial charge in [-0.1, -0.05) is 59.1 Å². The normalized spacial score (nSPS) is 11.0. The van der Waals surface area contributed by atoms with Crippen LogP contribution in [0.4, 0.5) is 11.4 Å². The van der Waals surface area contributed by atoms with Gasteiger partial charge in [-0.2, -0.15) is 0 Å². The Kier molecular flexibility index (Phi) is 4.98. The van der Waals surface area contributed by atoms with Crippen molar-refractivity contribution in [3.8, 4) is 11.3 Å². The maximum atomic E-state index is 12.8. The van der Waals surface area contributed by atoms with Gasteiger partial charge in [-0.15, -0.1) is 11.3 Å². The zero-order valence-corrected chi connectivity index (χ0v) is 17.1. The molecule has 28 heavy (non-hydrogen) atoms. The van der Waals surface area contributed by atoms with Crippen LogP contribution in [0, 0.1) is 6.92 Å². The fourth-order valence-corrected chi connectivity index (χ4v) is 4.17. The van der Waals surface area contributed by atoms with Crippen LogP contribution in [0.1, 0.15) is 15.2 Å². The highest BCUT2D eigenvalue weighted by Gasteiger charge is 2.19. The molecule has 2 aromatic carbocycles. The number of pyridine rings is 1. The Labute approximate surface area is 175 Å². The molecule has 3 N–H and O–H groups in total. The molecule has 0 aliphatic carbocycles. The SMILES string of the molecule is Cc1ccc(-c2ccc3c(N)c(C(=O)Nc4cccc(Cl)c4Cl)sc3n2)cc1. The number of nitrogens with zero attached hydrogens (tertiary/aromatic N) is 1. The summed E-state index contributed by atoms with van der Waals surface area (Å²) in [4.78, 5) is 18.5. The Balaban J connectivity index is 1.69. The first kappa shape index (κ1) is 18.7. The molecule has 4 nitrogen and oxygen atoms in total. The third-order valence-corrected chi connectivity index (χ3v) is 6.28. The Morgan fingerprint density at radius 1 is 1.07 bits per heavy atom. The molecule has 0 fully saturated rings. The first-order valence-electron chi connectivity index (χ1n) is 8.45. The third kappa shape index (κ3) is 3.44. The van der Waals surface area contributed by atoms with E-state index >= 15 is 0 Å². The molecular weight excluding hydrogens is 413 g/mol. The van der Waals surface area contributed by atoms with Crippen LogP contribution < -0.4 is 11.1 Å². The second kappa shape index (κ2) is 7.43. The van der Waals surface area contributed by atoms with E-state index in [0.717, 1.165) is 16.6 Å². The number of hydrogen-bond acceptors (Lipinski definition) is 4. The maximum absolute atomic E-state index is 12.8. The van der Waals surface area contributed by atoms with Crippen LogP contribution in [0.3, 0.4) is 0 Å². The Morgan fingerprint density at radius 3 is 2.57 bits per heavy atom. The summed E-state index contributed by atoms with van der Waals surface area (Å²) in [5.41, 5.74) is 10.1. The lowest BCUT2D eigenvalue weighted by Gasteiger charge is -2.07. The first-order valence-corrected chi connectivity index (χ1v) is 10.0. The van der Waals surface area contributed by atoms with Gasteiger partial charge in [0.2, 0.25) is 0 Å².